The molecule has 2 N–H and O–H groups in total. The van der Waals surface area contributed by atoms with Crippen LogP contribution >= 0.6 is 45.8 Å². The monoisotopic (exact) mass is 522 g/mol. The SMILES string of the molecule is COc1cc(/C=N\NC(=O)c2ccc(Cl)cc2Cl)cc(I)c1OCC(=O)O. The van der Waals surface area contributed by atoms with Gasteiger partial charge in [0.15, 0.2) is 18.1 Å². The number of carboxylic acids is 1. The fourth-order valence-corrected chi connectivity index (χ4v) is 3.26. The van der Waals surface area contributed by atoms with Crippen LogP contribution in [0, 0.1) is 3.57 Å². The van der Waals surface area contributed by atoms with Gasteiger partial charge in [0.1, 0.15) is 0 Å². The highest BCUT2D eigenvalue weighted by Gasteiger charge is 2.13. The van der Waals surface area contributed by atoms with E-state index in [1.807, 2.05) is 22.6 Å². The molecule has 27 heavy (non-hydrogen) atoms. The smallest absolute Gasteiger partial charge is 0.341 e. The Hall–Kier alpha value is -2.04. The molecule has 0 spiro atoms. The molecule has 1 amide bonds. The molecule has 0 fully saturated rings. The molecule has 2 aromatic carbocycles. The summed E-state index contributed by atoms with van der Waals surface area (Å²) in [4.78, 5) is 22.8. The molecule has 0 unspecified atom stereocenters. The lowest BCUT2D eigenvalue weighted by Gasteiger charge is -2.12. The van der Waals surface area contributed by atoms with Crippen LogP contribution in [-0.4, -0.2) is 36.9 Å². The van der Waals surface area contributed by atoms with Crippen molar-refractivity contribution in [3.63, 3.8) is 0 Å². The highest BCUT2D eigenvalue weighted by Crippen LogP contribution is 2.33. The number of aliphatic carboxylic acids is 1. The van der Waals surface area contributed by atoms with Gasteiger partial charge in [-0.2, -0.15) is 5.10 Å². The van der Waals surface area contributed by atoms with Crippen LogP contribution in [-0.2, 0) is 4.79 Å². The molecule has 0 radical (unpaired) electrons. The van der Waals surface area contributed by atoms with E-state index < -0.39 is 18.5 Å². The zero-order valence-electron chi connectivity index (χ0n) is 13.8. The van der Waals surface area contributed by atoms with Crippen molar-refractivity contribution in [2.24, 2.45) is 5.10 Å². The fourth-order valence-electron chi connectivity index (χ4n) is 1.99. The molecule has 10 heteroatoms. The van der Waals surface area contributed by atoms with Crippen LogP contribution in [0.2, 0.25) is 10.0 Å². The van der Waals surface area contributed by atoms with Gasteiger partial charge in [-0.25, -0.2) is 10.2 Å². The summed E-state index contributed by atoms with van der Waals surface area (Å²) in [5.41, 5.74) is 3.22. The second-order valence-electron chi connectivity index (χ2n) is 5.04. The van der Waals surface area contributed by atoms with E-state index in [0.29, 0.717) is 25.7 Å². The maximum Gasteiger partial charge on any atom is 0.341 e. The number of carboxylic acid groups (broad SMARTS) is 1. The average Bonchev–Trinajstić information content (AvgIpc) is 2.60. The summed E-state index contributed by atoms with van der Waals surface area (Å²) >= 11 is 13.8. The van der Waals surface area contributed by atoms with Gasteiger partial charge in [0.05, 0.1) is 27.5 Å². The van der Waals surface area contributed by atoms with Crippen molar-refractivity contribution in [1.82, 2.24) is 5.43 Å². The van der Waals surface area contributed by atoms with Crippen LogP contribution in [0.4, 0.5) is 0 Å². The topological polar surface area (TPSA) is 97.2 Å². The first-order valence-electron chi connectivity index (χ1n) is 7.32. The van der Waals surface area contributed by atoms with E-state index in [1.54, 1.807) is 18.2 Å². The minimum absolute atomic E-state index is 0.214. The maximum atomic E-state index is 12.1. The number of carbonyl (C=O) groups excluding carboxylic acids is 1. The molecule has 0 saturated carbocycles. The van der Waals surface area contributed by atoms with Gasteiger partial charge in [-0.1, -0.05) is 23.2 Å². The standard InChI is InChI=1S/C17H13Cl2IN2O5/c1-26-14-5-9(4-13(20)16(14)27-8-15(23)24)7-21-22-17(25)11-3-2-10(18)6-12(11)19/h2-7H,8H2,1H3,(H,22,25)(H,23,24)/b21-7-. The molecule has 0 aliphatic heterocycles. The molecule has 2 rings (SSSR count). The first-order chi connectivity index (χ1) is 12.8. The van der Waals surface area contributed by atoms with E-state index in [0.717, 1.165) is 0 Å². The summed E-state index contributed by atoms with van der Waals surface area (Å²) in [7, 11) is 1.43. The third kappa shape index (κ3) is 5.98. The van der Waals surface area contributed by atoms with Crippen LogP contribution in [0.3, 0.4) is 0 Å². The van der Waals surface area contributed by atoms with E-state index in [2.05, 4.69) is 10.5 Å². The lowest BCUT2D eigenvalue weighted by molar-refractivity contribution is -0.139. The van der Waals surface area contributed by atoms with Gasteiger partial charge in [0.2, 0.25) is 0 Å². The lowest BCUT2D eigenvalue weighted by atomic mass is 10.2. The number of nitrogens with zero attached hydrogens (tertiary/aromatic N) is 1. The Balaban J connectivity index is 2.13. The van der Waals surface area contributed by atoms with Crippen LogP contribution in [0.5, 0.6) is 11.5 Å². The lowest BCUT2D eigenvalue weighted by Crippen LogP contribution is -2.18. The zero-order chi connectivity index (χ0) is 20.0. The van der Waals surface area contributed by atoms with E-state index in [-0.39, 0.29) is 10.6 Å². The summed E-state index contributed by atoms with van der Waals surface area (Å²) in [6.45, 7) is -0.488. The number of hydrogen-bond donors (Lipinski definition) is 2. The van der Waals surface area contributed by atoms with Gasteiger partial charge in [0, 0.05) is 5.02 Å². The molecule has 7 nitrogen and oxygen atoms in total. The van der Waals surface area contributed by atoms with Crippen molar-refractivity contribution in [3.8, 4) is 11.5 Å². The molecular weight excluding hydrogens is 510 g/mol. The van der Waals surface area contributed by atoms with Crippen molar-refractivity contribution in [2.45, 2.75) is 0 Å². The molecule has 2 aromatic rings. The third-order valence-electron chi connectivity index (χ3n) is 3.15. The first-order valence-corrected chi connectivity index (χ1v) is 9.16. The number of ether oxygens (including phenoxy) is 2. The van der Waals surface area contributed by atoms with E-state index in [1.165, 1.54) is 25.5 Å². The Morgan fingerprint density at radius 1 is 1.30 bits per heavy atom. The molecule has 142 valence electrons. The van der Waals surface area contributed by atoms with Crippen molar-refractivity contribution >= 4 is 63.9 Å². The van der Waals surface area contributed by atoms with Crippen LogP contribution in [0.25, 0.3) is 0 Å². The van der Waals surface area contributed by atoms with Gasteiger partial charge >= 0.3 is 5.97 Å². The zero-order valence-corrected chi connectivity index (χ0v) is 17.5. The number of nitrogens with one attached hydrogen (secondary N) is 1. The van der Waals surface area contributed by atoms with Crippen molar-refractivity contribution in [1.29, 1.82) is 0 Å². The van der Waals surface area contributed by atoms with Crippen LogP contribution in [0.1, 0.15) is 15.9 Å². The minimum Gasteiger partial charge on any atom is -0.493 e. The average molecular weight is 523 g/mol. The normalized spacial score (nSPS) is 10.7. The van der Waals surface area contributed by atoms with Crippen molar-refractivity contribution in [2.75, 3.05) is 13.7 Å². The maximum absolute atomic E-state index is 12.1. The van der Waals surface area contributed by atoms with E-state index >= 15 is 0 Å². The molecule has 0 atom stereocenters. The van der Waals surface area contributed by atoms with E-state index in [9.17, 15) is 9.59 Å². The third-order valence-corrected chi connectivity index (χ3v) is 4.50. The van der Waals surface area contributed by atoms with Gasteiger partial charge < -0.3 is 14.6 Å². The quantitative estimate of drug-likeness (QED) is 0.327. The number of hydrogen-bond acceptors (Lipinski definition) is 5. The van der Waals surface area contributed by atoms with Crippen LogP contribution in [0.15, 0.2) is 35.4 Å². The Labute approximate surface area is 178 Å². The summed E-state index contributed by atoms with van der Waals surface area (Å²) in [6, 6.07) is 7.81. The molecule has 0 aliphatic carbocycles. The predicted molar refractivity (Wildman–Crippen MR) is 110 cm³/mol. The van der Waals surface area contributed by atoms with Crippen LogP contribution < -0.4 is 14.9 Å². The summed E-state index contributed by atoms with van der Waals surface area (Å²) in [5, 5.41) is 13.3. The summed E-state index contributed by atoms with van der Waals surface area (Å²) in [5.74, 6) is -0.927. The number of halogens is 3. The number of methoxy groups -OCH3 is 1. The Bertz CT molecular complexity index is 905. The van der Waals surface area contributed by atoms with E-state index in [4.69, 9.17) is 37.8 Å². The van der Waals surface area contributed by atoms with Gasteiger partial charge in [0.25, 0.3) is 5.91 Å². The summed E-state index contributed by atoms with van der Waals surface area (Å²) < 4.78 is 11.1. The Morgan fingerprint density at radius 3 is 2.67 bits per heavy atom. The minimum atomic E-state index is -1.10. The molecule has 0 aliphatic rings. The number of rotatable bonds is 7. The highest BCUT2D eigenvalue weighted by atomic mass is 127. The molecule has 0 saturated heterocycles. The predicted octanol–water partition coefficient (Wildman–Crippen LogP) is 3.83. The first kappa shape index (κ1) is 21.3. The van der Waals surface area contributed by atoms with Crippen molar-refractivity contribution < 1.29 is 24.2 Å². The fraction of sp³-hybridized carbons (Fsp3) is 0.118. The van der Waals surface area contributed by atoms with Gasteiger partial charge in [-0.05, 0) is 58.5 Å². The number of hydrazone groups is 1. The van der Waals surface area contributed by atoms with Crippen molar-refractivity contribution in [3.05, 3.63) is 55.1 Å². The Kier molecular flexibility index (Phi) is 7.69. The van der Waals surface area contributed by atoms with Gasteiger partial charge in [-0.15, -0.1) is 0 Å². The Morgan fingerprint density at radius 2 is 2.04 bits per heavy atom. The molecule has 0 aromatic heterocycles. The molecule has 0 bridgehead atoms. The highest BCUT2D eigenvalue weighted by molar-refractivity contribution is 14.1. The number of benzene rings is 2. The molecular formula is C17H13Cl2IN2O5. The van der Waals surface area contributed by atoms with Gasteiger partial charge in [-0.3, -0.25) is 4.79 Å². The second-order valence-corrected chi connectivity index (χ2v) is 7.05. The molecule has 0 heterocycles. The largest absolute Gasteiger partial charge is 0.493 e. The number of amides is 1. The number of carbonyl (C=O) groups is 2. The summed E-state index contributed by atoms with van der Waals surface area (Å²) in [6.07, 6.45) is 1.41. The second kappa shape index (κ2) is 9.77.